The number of halogens is 1. The molecule has 5 rings (SSSR count). The molecule has 3 aromatic carbocycles. The number of hydrogen-bond donors (Lipinski definition) is 0. The van der Waals surface area contributed by atoms with Crippen LogP contribution >= 0.6 is 0 Å². The van der Waals surface area contributed by atoms with E-state index in [1.165, 1.54) is 27.8 Å². The maximum Gasteiger partial charge on any atom is 0.124 e. The number of methoxy groups -OCH3 is 1. The Morgan fingerprint density at radius 2 is 1.59 bits per heavy atom. The molecule has 3 nitrogen and oxygen atoms in total. The van der Waals surface area contributed by atoms with Crippen molar-refractivity contribution >= 4 is 0 Å². The van der Waals surface area contributed by atoms with Crippen LogP contribution in [0.4, 0.5) is 4.39 Å². The van der Waals surface area contributed by atoms with Crippen LogP contribution in [0.25, 0.3) is 11.1 Å². The Labute approximate surface area is 171 Å². The van der Waals surface area contributed by atoms with Gasteiger partial charge in [0.15, 0.2) is 0 Å². The molecule has 0 amide bonds. The minimum Gasteiger partial charge on any atom is -0.496 e. The number of ether oxygens (including phenoxy) is 1. The first kappa shape index (κ1) is 18.3. The highest BCUT2D eigenvalue weighted by atomic mass is 19.1. The summed E-state index contributed by atoms with van der Waals surface area (Å²) in [5.41, 5.74) is 6.52. The van der Waals surface area contributed by atoms with Crippen LogP contribution in [0, 0.1) is 5.82 Å². The van der Waals surface area contributed by atoms with E-state index >= 15 is 0 Å². The van der Waals surface area contributed by atoms with E-state index < -0.39 is 0 Å². The number of rotatable bonds is 5. The summed E-state index contributed by atoms with van der Waals surface area (Å²) in [5, 5.41) is 0. The quantitative estimate of drug-likeness (QED) is 0.629. The molecule has 1 unspecified atom stereocenters. The molecule has 0 N–H and O–H groups in total. The minimum atomic E-state index is -0.173. The fraction of sp³-hybridized carbons (Fsp3) is 0.280. The first-order valence-electron chi connectivity index (χ1n) is 10.2. The zero-order valence-electron chi connectivity index (χ0n) is 16.6. The van der Waals surface area contributed by atoms with E-state index in [9.17, 15) is 4.39 Å². The number of fused-ring (bicyclic) bond motifs is 1. The normalized spacial score (nSPS) is 19.0. The van der Waals surface area contributed by atoms with Gasteiger partial charge in [-0.05, 0) is 40.5 Å². The molecule has 1 saturated heterocycles. The van der Waals surface area contributed by atoms with Crippen LogP contribution in [0.5, 0.6) is 5.75 Å². The summed E-state index contributed by atoms with van der Waals surface area (Å²) < 4.78 is 18.8. The molecule has 0 bridgehead atoms. The largest absolute Gasteiger partial charge is 0.496 e. The van der Waals surface area contributed by atoms with Gasteiger partial charge in [0.25, 0.3) is 0 Å². The van der Waals surface area contributed by atoms with Crippen molar-refractivity contribution in [2.45, 2.75) is 12.6 Å². The average Bonchev–Trinajstić information content (AvgIpc) is 3.52. The summed E-state index contributed by atoms with van der Waals surface area (Å²) in [7, 11) is 1.76. The summed E-state index contributed by atoms with van der Waals surface area (Å²) in [4.78, 5) is 5.02. The highest BCUT2D eigenvalue weighted by molar-refractivity contribution is 5.79. The van der Waals surface area contributed by atoms with E-state index in [1.54, 1.807) is 19.2 Å². The highest BCUT2D eigenvalue weighted by Gasteiger charge is 2.44. The van der Waals surface area contributed by atoms with Crippen LogP contribution in [-0.2, 0) is 6.54 Å². The van der Waals surface area contributed by atoms with Gasteiger partial charge in [-0.2, -0.15) is 0 Å². The Hall–Kier alpha value is -2.69. The van der Waals surface area contributed by atoms with Gasteiger partial charge < -0.3 is 4.74 Å². The Kier molecular flexibility index (Phi) is 4.82. The van der Waals surface area contributed by atoms with Crippen molar-refractivity contribution < 1.29 is 9.13 Å². The fourth-order valence-corrected chi connectivity index (χ4v) is 4.55. The molecule has 1 aliphatic carbocycles. The molecule has 1 aliphatic heterocycles. The van der Waals surface area contributed by atoms with Crippen molar-refractivity contribution in [2.75, 3.05) is 33.3 Å². The van der Waals surface area contributed by atoms with Gasteiger partial charge in [-0.25, -0.2) is 4.39 Å². The van der Waals surface area contributed by atoms with Gasteiger partial charge in [-0.3, -0.25) is 9.80 Å². The van der Waals surface area contributed by atoms with Crippen LogP contribution in [0.1, 0.15) is 22.7 Å². The Balaban J connectivity index is 1.29. The van der Waals surface area contributed by atoms with E-state index in [4.69, 9.17) is 4.74 Å². The van der Waals surface area contributed by atoms with E-state index in [0.29, 0.717) is 6.04 Å². The maximum absolute atomic E-state index is 13.1. The molecule has 29 heavy (non-hydrogen) atoms. The average molecular weight is 388 g/mol. The third kappa shape index (κ3) is 3.54. The lowest BCUT2D eigenvalue weighted by Gasteiger charge is -2.35. The maximum atomic E-state index is 13.1. The number of piperazine rings is 1. The van der Waals surface area contributed by atoms with Crippen LogP contribution in [-0.4, -0.2) is 43.1 Å². The molecular formula is C25H25FN2O. The fourth-order valence-electron chi connectivity index (χ4n) is 4.55. The molecule has 0 aromatic heterocycles. The van der Waals surface area contributed by atoms with E-state index in [-0.39, 0.29) is 5.82 Å². The van der Waals surface area contributed by atoms with Crippen molar-refractivity contribution in [2.24, 2.45) is 0 Å². The second kappa shape index (κ2) is 7.62. The van der Waals surface area contributed by atoms with E-state index in [1.807, 2.05) is 12.1 Å². The van der Waals surface area contributed by atoms with Gasteiger partial charge in [-0.15, -0.1) is 0 Å². The van der Waals surface area contributed by atoms with Gasteiger partial charge in [0.05, 0.1) is 13.2 Å². The first-order chi connectivity index (χ1) is 14.2. The summed E-state index contributed by atoms with van der Waals surface area (Å²) in [6.45, 7) is 4.97. The van der Waals surface area contributed by atoms with Crippen molar-refractivity contribution in [1.82, 2.24) is 9.80 Å². The number of nitrogens with zero attached hydrogens (tertiary/aromatic N) is 2. The molecule has 148 valence electrons. The molecule has 3 aromatic rings. The summed E-state index contributed by atoms with van der Waals surface area (Å²) in [6, 6.07) is 22.1. The lowest BCUT2D eigenvalue weighted by atomic mass is 10.1. The number of benzene rings is 3. The molecule has 4 heteroatoms. The Morgan fingerprint density at radius 1 is 0.862 bits per heavy atom. The lowest BCUT2D eigenvalue weighted by molar-refractivity contribution is 0.117. The van der Waals surface area contributed by atoms with Crippen molar-refractivity contribution in [3.05, 3.63) is 89.2 Å². The van der Waals surface area contributed by atoms with Gasteiger partial charge in [0, 0.05) is 38.3 Å². The first-order valence-corrected chi connectivity index (χ1v) is 10.2. The standard InChI is InChI=1S/C25H25FN2O/c1-29-22-12-11-21(19-5-3-2-4-6-19)23-24(22)25(23)28-15-13-27(14-16-28)17-18-7-9-20(26)10-8-18/h2-12,25H,13-17H2,1H3. The van der Waals surface area contributed by atoms with Gasteiger partial charge in [0.2, 0.25) is 0 Å². The molecular weight excluding hydrogens is 363 g/mol. The molecule has 1 atom stereocenters. The second-order valence-corrected chi connectivity index (χ2v) is 7.85. The van der Waals surface area contributed by atoms with E-state index in [0.717, 1.165) is 38.5 Å². The number of hydrogen-bond acceptors (Lipinski definition) is 3. The van der Waals surface area contributed by atoms with E-state index in [2.05, 4.69) is 52.3 Å². The summed E-state index contributed by atoms with van der Waals surface area (Å²) in [6.07, 6.45) is 0. The van der Waals surface area contributed by atoms with Crippen LogP contribution in [0.2, 0.25) is 0 Å². The van der Waals surface area contributed by atoms with Crippen LogP contribution < -0.4 is 4.74 Å². The molecule has 1 heterocycles. The molecule has 0 saturated carbocycles. The summed E-state index contributed by atoms with van der Waals surface area (Å²) in [5.74, 6) is 0.826. The van der Waals surface area contributed by atoms with Gasteiger partial charge in [-0.1, -0.05) is 48.5 Å². The Bertz CT molecular complexity index is 995. The minimum absolute atomic E-state index is 0.173. The smallest absolute Gasteiger partial charge is 0.124 e. The molecule has 0 radical (unpaired) electrons. The lowest BCUT2D eigenvalue weighted by Crippen LogP contribution is -2.45. The van der Waals surface area contributed by atoms with Gasteiger partial charge in [0.1, 0.15) is 11.6 Å². The molecule has 1 fully saturated rings. The molecule has 0 spiro atoms. The summed E-state index contributed by atoms with van der Waals surface area (Å²) >= 11 is 0. The Morgan fingerprint density at radius 3 is 2.28 bits per heavy atom. The zero-order valence-corrected chi connectivity index (χ0v) is 16.6. The predicted octanol–water partition coefficient (Wildman–Crippen LogP) is 4.72. The third-order valence-electron chi connectivity index (χ3n) is 6.11. The van der Waals surface area contributed by atoms with Crippen LogP contribution in [0.15, 0.2) is 66.7 Å². The highest BCUT2D eigenvalue weighted by Crippen LogP contribution is 2.55. The van der Waals surface area contributed by atoms with Crippen molar-refractivity contribution in [3.63, 3.8) is 0 Å². The topological polar surface area (TPSA) is 15.7 Å². The predicted molar refractivity (Wildman–Crippen MR) is 114 cm³/mol. The second-order valence-electron chi connectivity index (χ2n) is 7.85. The third-order valence-corrected chi connectivity index (χ3v) is 6.11. The SMILES string of the molecule is COc1ccc(-c2ccccc2)c2c1C2N1CCN(Cc2ccc(F)cc2)CC1. The zero-order chi connectivity index (χ0) is 19.8. The van der Waals surface area contributed by atoms with Crippen molar-refractivity contribution in [1.29, 1.82) is 0 Å². The van der Waals surface area contributed by atoms with Crippen molar-refractivity contribution in [3.8, 4) is 16.9 Å². The van der Waals surface area contributed by atoms with Gasteiger partial charge >= 0.3 is 0 Å². The molecule has 2 aliphatic rings. The van der Waals surface area contributed by atoms with Crippen LogP contribution in [0.3, 0.4) is 0 Å². The monoisotopic (exact) mass is 388 g/mol.